The first-order valence-corrected chi connectivity index (χ1v) is 10.2. The lowest BCUT2D eigenvalue weighted by atomic mass is 10.1. The van der Waals surface area contributed by atoms with Gasteiger partial charge in [0.1, 0.15) is 5.82 Å². The third-order valence-corrected chi connectivity index (χ3v) is 4.91. The van der Waals surface area contributed by atoms with Crippen molar-refractivity contribution in [2.24, 2.45) is 5.92 Å². The van der Waals surface area contributed by atoms with Crippen molar-refractivity contribution in [3.8, 4) is 0 Å². The molecule has 1 aromatic heterocycles. The molecule has 0 bridgehead atoms. The predicted octanol–water partition coefficient (Wildman–Crippen LogP) is 5.82. The van der Waals surface area contributed by atoms with Gasteiger partial charge in [-0.3, -0.25) is 4.79 Å². The van der Waals surface area contributed by atoms with Crippen molar-refractivity contribution in [2.45, 2.75) is 40.3 Å². The summed E-state index contributed by atoms with van der Waals surface area (Å²) in [4.78, 5) is 19.2. The molecular formula is C22H23ClF3N3O. The molecule has 0 saturated heterocycles. The van der Waals surface area contributed by atoms with Crippen LogP contribution in [0.1, 0.15) is 43.4 Å². The molecule has 0 spiro atoms. The first-order chi connectivity index (χ1) is 14.2. The van der Waals surface area contributed by atoms with Crippen LogP contribution < -0.4 is 0 Å². The second-order valence-electron chi connectivity index (χ2n) is 7.65. The number of imidazole rings is 1. The maximum Gasteiger partial charge on any atom is 0.254 e. The highest BCUT2D eigenvalue weighted by Gasteiger charge is 2.23. The van der Waals surface area contributed by atoms with Crippen molar-refractivity contribution in [1.82, 2.24) is 14.5 Å². The van der Waals surface area contributed by atoms with Gasteiger partial charge in [0.2, 0.25) is 0 Å². The van der Waals surface area contributed by atoms with Gasteiger partial charge in [-0.25, -0.2) is 18.2 Å². The Balaban J connectivity index is 2.01. The predicted molar refractivity (Wildman–Crippen MR) is 111 cm³/mol. The zero-order chi connectivity index (χ0) is 22.0. The number of amides is 1. The molecule has 0 unspecified atom stereocenters. The molecule has 3 rings (SSSR count). The van der Waals surface area contributed by atoms with Crippen LogP contribution in [0.3, 0.4) is 0 Å². The topological polar surface area (TPSA) is 38.1 Å². The minimum absolute atomic E-state index is 0.0996. The molecule has 2 aromatic carbocycles. The molecule has 30 heavy (non-hydrogen) atoms. The van der Waals surface area contributed by atoms with Crippen LogP contribution in [0.2, 0.25) is 5.02 Å². The van der Waals surface area contributed by atoms with Crippen LogP contribution in [0.5, 0.6) is 0 Å². The van der Waals surface area contributed by atoms with Gasteiger partial charge in [-0.15, -0.1) is 0 Å². The maximum atomic E-state index is 13.7. The molecule has 0 N–H and O–H groups in total. The van der Waals surface area contributed by atoms with Crippen molar-refractivity contribution in [3.63, 3.8) is 0 Å². The van der Waals surface area contributed by atoms with Gasteiger partial charge in [-0.05, 0) is 42.7 Å². The summed E-state index contributed by atoms with van der Waals surface area (Å²) in [5.74, 6) is -4.22. The van der Waals surface area contributed by atoms with Crippen LogP contribution >= 0.6 is 11.6 Å². The van der Waals surface area contributed by atoms with Crippen LogP contribution in [0, 0.1) is 23.4 Å². The Bertz CT molecular complexity index is 1060. The van der Waals surface area contributed by atoms with E-state index in [1.54, 1.807) is 6.07 Å². The Hall–Kier alpha value is -2.54. The van der Waals surface area contributed by atoms with E-state index in [1.807, 2.05) is 37.5 Å². The number of carbonyl (C=O) groups excluding carboxylic acids is 1. The van der Waals surface area contributed by atoms with E-state index in [9.17, 15) is 18.0 Å². The smallest absolute Gasteiger partial charge is 0.254 e. The zero-order valence-electron chi connectivity index (χ0n) is 17.1. The van der Waals surface area contributed by atoms with Crippen molar-refractivity contribution in [1.29, 1.82) is 0 Å². The minimum atomic E-state index is -1.59. The fraction of sp³-hybridized carbons (Fsp3) is 0.364. The Kier molecular flexibility index (Phi) is 6.71. The summed E-state index contributed by atoms with van der Waals surface area (Å²) in [5.41, 5.74) is 1.36. The third kappa shape index (κ3) is 4.61. The number of aromatic nitrogens is 2. The summed E-state index contributed by atoms with van der Waals surface area (Å²) in [6.07, 6.45) is 0.845. The first kappa shape index (κ1) is 22.2. The number of rotatable bonds is 7. The van der Waals surface area contributed by atoms with Gasteiger partial charge < -0.3 is 9.47 Å². The molecule has 1 amide bonds. The number of aryl methyl sites for hydroxylation is 1. The van der Waals surface area contributed by atoms with Gasteiger partial charge in [0.15, 0.2) is 17.5 Å². The summed E-state index contributed by atoms with van der Waals surface area (Å²) in [6.45, 7) is 7.05. The Morgan fingerprint density at radius 2 is 1.83 bits per heavy atom. The highest BCUT2D eigenvalue weighted by Crippen LogP contribution is 2.23. The number of carbonyl (C=O) groups is 1. The fourth-order valence-electron chi connectivity index (χ4n) is 3.43. The lowest BCUT2D eigenvalue weighted by Gasteiger charge is -2.25. The number of nitrogens with zero attached hydrogens (tertiary/aromatic N) is 3. The molecule has 4 nitrogen and oxygen atoms in total. The Morgan fingerprint density at radius 1 is 1.17 bits per heavy atom. The van der Waals surface area contributed by atoms with Crippen molar-refractivity contribution in [2.75, 3.05) is 6.54 Å². The highest BCUT2D eigenvalue weighted by atomic mass is 35.5. The number of fused-ring (bicyclic) bond motifs is 1. The van der Waals surface area contributed by atoms with Gasteiger partial charge >= 0.3 is 0 Å². The molecule has 0 aliphatic carbocycles. The second-order valence-corrected chi connectivity index (χ2v) is 8.08. The summed E-state index contributed by atoms with van der Waals surface area (Å²) < 4.78 is 42.7. The van der Waals surface area contributed by atoms with E-state index in [4.69, 9.17) is 11.6 Å². The molecule has 0 saturated carbocycles. The van der Waals surface area contributed by atoms with Gasteiger partial charge in [0, 0.05) is 23.7 Å². The van der Waals surface area contributed by atoms with E-state index in [0.29, 0.717) is 23.9 Å². The quantitative estimate of drug-likeness (QED) is 0.437. The van der Waals surface area contributed by atoms with E-state index < -0.39 is 23.4 Å². The average molecular weight is 438 g/mol. The molecule has 0 aliphatic heterocycles. The molecule has 1 heterocycles. The van der Waals surface area contributed by atoms with E-state index >= 15 is 0 Å². The number of halogens is 4. The lowest BCUT2D eigenvalue weighted by molar-refractivity contribution is 0.0715. The summed E-state index contributed by atoms with van der Waals surface area (Å²) >= 11 is 6.14. The highest BCUT2D eigenvalue weighted by molar-refractivity contribution is 6.31. The van der Waals surface area contributed by atoms with Gasteiger partial charge in [0.05, 0.1) is 17.6 Å². The zero-order valence-corrected chi connectivity index (χ0v) is 17.8. The molecule has 0 aliphatic rings. The Labute approximate surface area is 178 Å². The fourth-order valence-corrected chi connectivity index (χ4v) is 3.60. The van der Waals surface area contributed by atoms with E-state index in [-0.39, 0.29) is 18.0 Å². The standard InChI is InChI=1S/C22H23ClF3N3O/c1-4-7-29-19-10-15(23)5-6-18(19)27-20(29)12-28(11-13(2)3)22(30)14-8-16(24)21(26)17(25)9-14/h5-6,8-10,13H,4,7,11-12H2,1-3H3. The number of benzene rings is 2. The Morgan fingerprint density at radius 3 is 2.43 bits per heavy atom. The average Bonchev–Trinajstić information content (AvgIpc) is 3.01. The van der Waals surface area contributed by atoms with Crippen LogP contribution in [-0.4, -0.2) is 26.9 Å². The number of hydrogen-bond acceptors (Lipinski definition) is 2. The molecule has 0 atom stereocenters. The van der Waals surface area contributed by atoms with Crippen molar-refractivity contribution in [3.05, 3.63) is 64.2 Å². The molecular weight excluding hydrogens is 415 g/mol. The van der Waals surface area contributed by atoms with E-state index in [1.165, 1.54) is 4.90 Å². The van der Waals surface area contributed by atoms with E-state index in [0.717, 1.165) is 29.6 Å². The molecule has 8 heteroatoms. The first-order valence-electron chi connectivity index (χ1n) is 9.79. The monoisotopic (exact) mass is 437 g/mol. The molecule has 160 valence electrons. The molecule has 0 fully saturated rings. The van der Waals surface area contributed by atoms with Crippen LogP contribution in [0.15, 0.2) is 30.3 Å². The number of hydrogen-bond donors (Lipinski definition) is 0. The maximum absolute atomic E-state index is 13.7. The third-order valence-electron chi connectivity index (χ3n) is 4.67. The van der Waals surface area contributed by atoms with Crippen molar-refractivity contribution >= 4 is 28.5 Å². The van der Waals surface area contributed by atoms with Gasteiger partial charge in [-0.2, -0.15) is 0 Å². The largest absolute Gasteiger partial charge is 0.331 e. The summed E-state index contributed by atoms with van der Waals surface area (Å²) in [6, 6.07) is 6.83. The van der Waals surface area contributed by atoms with E-state index in [2.05, 4.69) is 4.98 Å². The van der Waals surface area contributed by atoms with Crippen LogP contribution in [0.4, 0.5) is 13.2 Å². The summed E-state index contributed by atoms with van der Waals surface area (Å²) in [5, 5.41) is 0.582. The molecule has 3 aromatic rings. The van der Waals surface area contributed by atoms with Gasteiger partial charge in [0.25, 0.3) is 5.91 Å². The van der Waals surface area contributed by atoms with Crippen molar-refractivity contribution < 1.29 is 18.0 Å². The van der Waals surface area contributed by atoms with Gasteiger partial charge in [-0.1, -0.05) is 32.4 Å². The van der Waals surface area contributed by atoms with Crippen LogP contribution in [0.25, 0.3) is 11.0 Å². The lowest BCUT2D eigenvalue weighted by Crippen LogP contribution is -2.35. The second kappa shape index (κ2) is 9.08. The minimum Gasteiger partial charge on any atom is -0.331 e. The SMILES string of the molecule is CCCn1c(CN(CC(C)C)C(=O)c2cc(F)c(F)c(F)c2)nc2ccc(Cl)cc21. The molecule has 0 radical (unpaired) electrons. The summed E-state index contributed by atoms with van der Waals surface area (Å²) in [7, 11) is 0. The van der Waals surface area contributed by atoms with Crippen LogP contribution in [-0.2, 0) is 13.1 Å². The normalized spacial score (nSPS) is 11.5.